The second kappa shape index (κ2) is 20.1. The molecule has 0 heterocycles. The lowest BCUT2D eigenvalue weighted by molar-refractivity contribution is 0.794. The quantitative estimate of drug-likeness (QED) is 0.110. The fourth-order valence-electron chi connectivity index (χ4n) is 11.5. The van der Waals surface area contributed by atoms with Gasteiger partial charge in [-0.15, -0.1) is 0 Å². The van der Waals surface area contributed by atoms with Crippen molar-refractivity contribution in [2.45, 2.75) is 38.0 Å². The van der Waals surface area contributed by atoms with E-state index in [1.165, 1.54) is 94.6 Å². The summed E-state index contributed by atoms with van der Waals surface area (Å²) in [5, 5.41) is 0. The zero-order valence-electron chi connectivity index (χ0n) is 41.4. The third-order valence-electron chi connectivity index (χ3n) is 15.2. The molecule has 350 valence electrons. The van der Waals surface area contributed by atoms with Gasteiger partial charge in [0, 0.05) is 34.8 Å². The summed E-state index contributed by atoms with van der Waals surface area (Å²) >= 11 is 0. The van der Waals surface area contributed by atoms with Crippen molar-refractivity contribution in [3.05, 3.63) is 329 Å². The molecule has 0 spiro atoms. The van der Waals surface area contributed by atoms with Gasteiger partial charge in [-0.2, -0.15) is 0 Å². The zero-order valence-corrected chi connectivity index (χ0v) is 41.4. The molecule has 11 aromatic carbocycles. The van der Waals surface area contributed by atoms with E-state index in [1.807, 2.05) is 0 Å². The van der Waals surface area contributed by atoms with Gasteiger partial charge < -0.3 is 4.90 Å². The molecule has 0 N–H and O–H groups in total. The summed E-state index contributed by atoms with van der Waals surface area (Å²) in [6, 6.07) is 103. The van der Waals surface area contributed by atoms with Crippen molar-refractivity contribution in [2.75, 3.05) is 4.90 Å². The number of hydrogen-bond donors (Lipinski definition) is 0. The zero-order chi connectivity index (χ0) is 49.1. The Bertz CT molecular complexity index is 3620. The minimum absolute atomic E-state index is 0.0199. The van der Waals surface area contributed by atoms with E-state index in [9.17, 15) is 0 Å². The van der Waals surface area contributed by atoms with Crippen molar-refractivity contribution >= 4 is 17.1 Å². The third kappa shape index (κ3) is 9.12. The van der Waals surface area contributed by atoms with Gasteiger partial charge in [0.25, 0.3) is 0 Å². The number of fused-ring (bicyclic) bond motifs is 3. The molecule has 73 heavy (non-hydrogen) atoms. The molecule has 1 nitrogen and oxygen atoms in total. The van der Waals surface area contributed by atoms with E-state index in [0.29, 0.717) is 0 Å². The van der Waals surface area contributed by atoms with Crippen LogP contribution < -0.4 is 4.90 Å². The maximum Gasteiger partial charge on any atom is 0.0470 e. The summed E-state index contributed by atoms with van der Waals surface area (Å²) < 4.78 is 0. The summed E-state index contributed by atoms with van der Waals surface area (Å²) in [7, 11) is 0. The lowest BCUT2D eigenvalue weighted by Crippen LogP contribution is -2.15. The first kappa shape index (κ1) is 45.4. The fraction of sp³-hybridized carbons (Fsp3) is 0.0833. The van der Waals surface area contributed by atoms with Crippen molar-refractivity contribution in [3.63, 3.8) is 0 Å². The molecule has 0 amide bonds. The van der Waals surface area contributed by atoms with Crippen molar-refractivity contribution in [1.82, 2.24) is 0 Å². The minimum atomic E-state index is -0.0199. The largest absolute Gasteiger partial charge is 0.310 e. The highest BCUT2D eigenvalue weighted by molar-refractivity contribution is 5.86. The number of anilines is 3. The molecular formula is C72H57N. The Hall–Kier alpha value is -8.78. The van der Waals surface area contributed by atoms with Gasteiger partial charge in [0.05, 0.1) is 0 Å². The second-order valence-electron chi connectivity index (χ2n) is 19.7. The van der Waals surface area contributed by atoms with E-state index in [1.54, 1.807) is 0 Å². The molecule has 2 atom stereocenters. The second-order valence-corrected chi connectivity index (χ2v) is 19.7. The Kier molecular flexibility index (Phi) is 12.5. The van der Waals surface area contributed by atoms with E-state index in [-0.39, 0.29) is 17.8 Å². The lowest BCUT2D eigenvalue weighted by Gasteiger charge is -2.32. The van der Waals surface area contributed by atoms with Gasteiger partial charge in [-0.1, -0.05) is 244 Å². The van der Waals surface area contributed by atoms with Gasteiger partial charge in [-0.25, -0.2) is 0 Å². The average Bonchev–Trinajstić information content (AvgIpc) is 3.46. The highest BCUT2D eigenvalue weighted by Crippen LogP contribution is 2.48. The molecule has 0 saturated heterocycles. The molecule has 0 bridgehead atoms. The van der Waals surface area contributed by atoms with Crippen LogP contribution in [0.2, 0.25) is 0 Å². The van der Waals surface area contributed by atoms with Crippen LogP contribution in [0.5, 0.6) is 0 Å². The van der Waals surface area contributed by atoms with Crippen LogP contribution in [0.4, 0.5) is 17.1 Å². The first-order valence-corrected chi connectivity index (χ1v) is 25.8. The third-order valence-corrected chi connectivity index (χ3v) is 15.2. The molecule has 1 heteroatoms. The summed E-state index contributed by atoms with van der Waals surface area (Å²) in [4.78, 5) is 2.48. The topological polar surface area (TPSA) is 3.24 Å². The summed E-state index contributed by atoms with van der Waals surface area (Å²) in [6.45, 7) is 4.60. The first-order chi connectivity index (χ1) is 36.0. The molecule has 0 aliphatic heterocycles. The van der Waals surface area contributed by atoms with Crippen LogP contribution in [-0.2, 0) is 6.42 Å². The number of nitrogens with zero attached hydrogens (tertiary/aromatic N) is 1. The molecule has 0 fully saturated rings. The van der Waals surface area contributed by atoms with E-state index in [4.69, 9.17) is 0 Å². The Morgan fingerprint density at radius 2 is 0.932 bits per heavy atom. The maximum atomic E-state index is 2.48. The molecular weight excluding hydrogens is 879 g/mol. The van der Waals surface area contributed by atoms with E-state index in [2.05, 4.69) is 298 Å². The van der Waals surface area contributed by atoms with Crippen LogP contribution in [0.1, 0.15) is 74.7 Å². The highest BCUT2D eigenvalue weighted by atomic mass is 15.1. The average molecular weight is 936 g/mol. The van der Waals surface area contributed by atoms with Crippen molar-refractivity contribution in [2.24, 2.45) is 0 Å². The maximum absolute atomic E-state index is 2.48. The summed E-state index contributed by atoms with van der Waals surface area (Å²) in [5.74, 6) is 0.356. The normalized spacial score (nSPS) is 13.2. The van der Waals surface area contributed by atoms with Crippen LogP contribution >= 0.6 is 0 Å². The minimum Gasteiger partial charge on any atom is -0.310 e. The van der Waals surface area contributed by atoms with E-state index >= 15 is 0 Å². The van der Waals surface area contributed by atoms with Gasteiger partial charge in [0.15, 0.2) is 0 Å². The Morgan fingerprint density at radius 1 is 0.356 bits per heavy atom. The smallest absolute Gasteiger partial charge is 0.0470 e. The van der Waals surface area contributed by atoms with Crippen LogP contribution in [0.15, 0.2) is 279 Å². The van der Waals surface area contributed by atoms with Crippen LogP contribution in [0.3, 0.4) is 0 Å². The predicted octanol–water partition coefficient (Wildman–Crippen LogP) is 19.2. The molecule has 0 radical (unpaired) electrons. The molecule has 2 unspecified atom stereocenters. The number of rotatable bonds is 12. The number of hydrogen-bond acceptors (Lipinski definition) is 1. The molecule has 1 aliphatic carbocycles. The van der Waals surface area contributed by atoms with Crippen LogP contribution in [0.25, 0.3) is 44.5 Å². The van der Waals surface area contributed by atoms with Gasteiger partial charge in [-0.05, 0) is 150 Å². The van der Waals surface area contributed by atoms with Gasteiger partial charge in [0.1, 0.15) is 0 Å². The van der Waals surface area contributed by atoms with Crippen molar-refractivity contribution < 1.29 is 0 Å². The standard InChI is InChI=1S/C72H57N/c1-50-22-18-20-34-65(50)67-42-40-58(47-69(67)51(2)52-36-38-54(39-37-52)53-23-8-3-9-24-53)60-44-61(72(56-27-12-5-13-28-56)57-29-14-6-15-30-57)46-64(45-60)73(62-32-16-7-17-33-62)63-41-43-68-70(55-25-10-4-11-26-55)48-59-31-19-21-35-66(59)71(68)49-63/h3-47,49,51,70,72H,48H2,1-2H3. The van der Waals surface area contributed by atoms with E-state index < -0.39 is 0 Å². The SMILES string of the molecule is Cc1ccccc1-c1ccc(-c2cc(C(c3ccccc3)c3ccccc3)cc(N(c3ccccc3)c3ccc4c(c3)-c3ccccc3CC4c3ccccc3)c2)cc1C(C)c1ccc(-c2ccccc2)cc1. The summed E-state index contributed by atoms with van der Waals surface area (Å²) in [6.07, 6.45) is 0.975. The Morgan fingerprint density at radius 3 is 1.62 bits per heavy atom. The number of aryl methyl sites for hydroxylation is 1. The van der Waals surface area contributed by atoms with Crippen LogP contribution in [0, 0.1) is 6.92 Å². The molecule has 11 aromatic rings. The Balaban J connectivity index is 1.07. The van der Waals surface area contributed by atoms with Crippen molar-refractivity contribution in [3.8, 4) is 44.5 Å². The monoisotopic (exact) mass is 935 g/mol. The lowest BCUT2D eigenvalue weighted by atomic mass is 9.75. The van der Waals surface area contributed by atoms with E-state index in [0.717, 1.165) is 23.5 Å². The van der Waals surface area contributed by atoms with Gasteiger partial charge in [0.2, 0.25) is 0 Å². The molecule has 0 saturated carbocycles. The molecule has 1 aliphatic rings. The number of benzene rings is 11. The highest BCUT2D eigenvalue weighted by Gasteiger charge is 2.28. The summed E-state index contributed by atoms with van der Waals surface area (Å²) in [5.41, 5.74) is 25.0. The fourth-order valence-corrected chi connectivity index (χ4v) is 11.5. The molecule has 12 rings (SSSR count). The number of para-hydroxylation sites is 1. The molecule has 0 aromatic heterocycles. The Labute approximate surface area is 431 Å². The van der Waals surface area contributed by atoms with Crippen LogP contribution in [-0.4, -0.2) is 0 Å². The van der Waals surface area contributed by atoms with Gasteiger partial charge in [-0.3, -0.25) is 0 Å². The van der Waals surface area contributed by atoms with Gasteiger partial charge >= 0.3 is 0 Å². The first-order valence-electron chi connectivity index (χ1n) is 25.8. The predicted molar refractivity (Wildman–Crippen MR) is 307 cm³/mol. The van der Waals surface area contributed by atoms with Crippen molar-refractivity contribution in [1.29, 1.82) is 0 Å².